The predicted octanol–water partition coefficient (Wildman–Crippen LogP) is 1.80. The molecule has 0 aliphatic rings. The van der Waals surface area contributed by atoms with E-state index in [0.29, 0.717) is 17.0 Å². The van der Waals surface area contributed by atoms with Crippen molar-refractivity contribution in [1.29, 1.82) is 0 Å². The SMILES string of the molecule is [2H]C(=O)c1ccc(NC(=O)CSC)cc1. The van der Waals surface area contributed by atoms with Crippen molar-refractivity contribution >= 4 is 29.6 Å². The lowest BCUT2D eigenvalue weighted by molar-refractivity contribution is -0.113. The number of carbonyl (C=O) groups excluding carboxylic acids is 2. The zero-order chi connectivity index (χ0) is 11.3. The van der Waals surface area contributed by atoms with Gasteiger partial charge in [0.05, 0.1) is 5.75 Å². The van der Waals surface area contributed by atoms with Gasteiger partial charge in [-0.15, -0.1) is 0 Å². The van der Waals surface area contributed by atoms with E-state index in [4.69, 9.17) is 1.37 Å². The summed E-state index contributed by atoms with van der Waals surface area (Å²) in [6.07, 6.45) is 1.12. The highest BCUT2D eigenvalue weighted by molar-refractivity contribution is 7.99. The van der Waals surface area contributed by atoms with E-state index in [-0.39, 0.29) is 5.91 Å². The normalized spacial score (nSPS) is 10.5. The standard InChI is InChI=1S/C10H11NO2S/c1-14-7-10(13)11-9-4-2-8(6-12)3-5-9/h2-6H,7H2,1H3,(H,11,13)/i6D. The minimum Gasteiger partial charge on any atom is -0.325 e. The Morgan fingerprint density at radius 1 is 1.57 bits per heavy atom. The fraction of sp³-hybridized carbons (Fsp3) is 0.200. The van der Waals surface area contributed by atoms with Gasteiger partial charge in [0.25, 0.3) is 0 Å². The molecule has 0 aliphatic heterocycles. The molecule has 0 bridgehead atoms. The van der Waals surface area contributed by atoms with Crippen molar-refractivity contribution < 1.29 is 11.0 Å². The molecule has 74 valence electrons. The minimum absolute atomic E-state index is 0.0764. The maximum absolute atomic E-state index is 11.2. The number of hydrogen-bond donors (Lipinski definition) is 1. The molecule has 1 rings (SSSR count). The smallest absolute Gasteiger partial charge is 0.234 e. The molecule has 1 aromatic carbocycles. The summed E-state index contributed by atoms with van der Waals surface area (Å²) in [5.74, 6) is 0.325. The van der Waals surface area contributed by atoms with Crippen LogP contribution in [0.4, 0.5) is 5.69 Å². The molecule has 0 saturated heterocycles. The average molecular weight is 210 g/mol. The topological polar surface area (TPSA) is 46.2 Å². The quantitative estimate of drug-likeness (QED) is 0.771. The molecule has 0 fully saturated rings. The van der Waals surface area contributed by atoms with Crippen LogP contribution in [0.5, 0.6) is 0 Å². The van der Waals surface area contributed by atoms with Crippen molar-refractivity contribution in [1.82, 2.24) is 0 Å². The number of hydrogen-bond acceptors (Lipinski definition) is 3. The first kappa shape index (κ1) is 9.27. The minimum atomic E-state index is -0.725. The molecule has 0 heterocycles. The Morgan fingerprint density at radius 2 is 2.21 bits per heavy atom. The predicted molar refractivity (Wildman–Crippen MR) is 58.8 cm³/mol. The number of rotatable bonds is 4. The number of nitrogens with one attached hydrogen (secondary N) is 1. The van der Waals surface area contributed by atoms with Crippen LogP contribution >= 0.6 is 11.8 Å². The van der Waals surface area contributed by atoms with Gasteiger partial charge in [-0.2, -0.15) is 11.8 Å². The third-order valence-electron chi connectivity index (χ3n) is 1.56. The fourth-order valence-electron chi connectivity index (χ4n) is 0.950. The number of aldehydes is 1. The Kier molecular flexibility index (Phi) is 3.60. The number of thioether (sulfide) groups is 1. The number of benzene rings is 1. The highest BCUT2D eigenvalue weighted by Crippen LogP contribution is 2.08. The molecular formula is C10H11NO2S. The monoisotopic (exact) mass is 210 g/mol. The van der Waals surface area contributed by atoms with Gasteiger partial charge in [-0.25, -0.2) is 0 Å². The Bertz CT molecular complexity index is 364. The van der Waals surface area contributed by atoms with Gasteiger partial charge in [-0.3, -0.25) is 9.59 Å². The van der Waals surface area contributed by atoms with Crippen LogP contribution in [-0.2, 0) is 4.79 Å². The summed E-state index contributed by atoms with van der Waals surface area (Å²) in [5, 5.41) is 2.68. The number of anilines is 1. The second-order valence-electron chi connectivity index (χ2n) is 2.66. The first-order valence-electron chi connectivity index (χ1n) is 4.53. The van der Waals surface area contributed by atoms with E-state index in [2.05, 4.69) is 5.32 Å². The second kappa shape index (κ2) is 5.44. The summed E-state index contributed by atoms with van der Waals surface area (Å²) >= 11 is 1.44. The van der Waals surface area contributed by atoms with Crippen LogP contribution in [0.2, 0.25) is 0 Å². The Balaban J connectivity index is 2.64. The van der Waals surface area contributed by atoms with E-state index in [1.807, 2.05) is 6.26 Å². The number of amides is 1. The van der Waals surface area contributed by atoms with Gasteiger partial charge in [0.1, 0.15) is 7.63 Å². The summed E-state index contributed by atoms with van der Waals surface area (Å²) in [5.41, 5.74) is 0.955. The third-order valence-corrected chi connectivity index (χ3v) is 2.11. The molecule has 1 aromatic rings. The van der Waals surface area contributed by atoms with E-state index >= 15 is 0 Å². The van der Waals surface area contributed by atoms with Crippen molar-refractivity contribution in [3.05, 3.63) is 29.8 Å². The van der Waals surface area contributed by atoms with Crippen molar-refractivity contribution in [2.75, 3.05) is 17.3 Å². The van der Waals surface area contributed by atoms with Crippen LogP contribution in [0.25, 0.3) is 0 Å². The van der Waals surface area contributed by atoms with Gasteiger partial charge >= 0.3 is 0 Å². The van der Waals surface area contributed by atoms with Gasteiger partial charge < -0.3 is 5.32 Å². The molecular weight excluding hydrogens is 198 g/mol. The average Bonchev–Trinajstić information content (AvgIpc) is 2.18. The molecule has 1 N–H and O–H groups in total. The fourth-order valence-corrected chi connectivity index (χ4v) is 1.28. The van der Waals surface area contributed by atoms with Crippen LogP contribution in [0, 0.1) is 0 Å². The zero-order valence-electron chi connectivity index (χ0n) is 8.74. The number of carbonyl (C=O) groups is 2. The lowest BCUT2D eigenvalue weighted by atomic mass is 10.2. The van der Waals surface area contributed by atoms with Crippen LogP contribution in [-0.4, -0.2) is 24.2 Å². The van der Waals surface area contributed by atoms with E-state index in [1.165, 1.54) is 23.9 Å². The van der Waals surface area contributed by atoms with Crippen LogP contribution in [0.3, 0.4) is 0 Å². The molecule has 0 unspecified atom stereocenters. The van der Waals surface area contributed by atoms with E-state index in [1.54, 1.807) is 12.1 Å². The molecule has 0 radical (unpaired) electrons. The molecule has 0 aromatic heterocycles. The molecule has 1 amide bonds. The van der Waals surface area contributed by atoms with Gasteiger partial charge in [-0.1, -0.05) is 0 Å². The van der Waals surface area contributed by atoms with Gasteiger partial charge in [0.2, 0.25) is 5.91 Å². The van der Waals surface area contributed by atoms with E-state index in [9.17, 15) is 9.59 Å². The molecule has 0 saturated carbocycles. The van der Waals surface area contributed by atoms with Crippen molar-refractivity contribution in [3.8, 4) is 0 Å². The molecule has 0 aliphatic carbocycles. The first-order valence-corrected chi connectivity index (χ1v) is 5.42. The van der Waals surface area contributed by atoms with Crippen LogP contribution in [0.15, 0.2) is 24.3 Å². The molecule has 0 spiro atoms. The second-order valence-corrected chi connectivity index (χ2v) is 3.53. The largest absolute Gasteiger partial charge is 0.325 e. The van der Waals surface area contributed by atoms with Crippen LogP contribution in [0.1, 0.15) is 11.7 Å². The zero-order valence-corrected chi connectivity index (χ0v) is 8.56. The Hall–Kier alpha value is -1.29. The van der Waals surface area contributed by atoms with Crippen LogP contribution < -0.4 is 5.32 Å². The van der Waals surface area contributed by atoms with Gasteiger partial charge in [0.15, 0.2) is 0 Å². The Morgan fingerprint density at radius 3 is 2.71 bits per heavy atom. The highest BCUT2D eigenvalue weighted by Gasteiger charge is 2.00. The lowest BCUT2D eigenvalue weighted by Gasteiger charge is -2.03. The molecule has 14 heavy (non-hydrogen) atoms. The summed E-state index contributed by atoms with van der Waals surface area (Å²) in [6.45, 7) is 0. The summed E-state index contributed by atoms with van der Waals surface area (Å²) in [4.78, 5) is 21.9. The third kappa shape index (κ3) is 3.22. The van der Waals surface area contributed by atoms with E-state index in [0.717, 1.165) is 0 Å². The highest BCUT2D eigenvalue weighted by atomic mass is 32.2. The van der Waals surface area contributed by atoms with Gasteiger partial charge in [0, 0.05) is 11.3 Å². The molecule has 4 heteroatoms. The maximum Gasteiger partial charge on any atom is 0.234 e. The maximum atomic E-state index is 11.2. The molecule has 0 atom stereocenters. The first-order chi connectivity index (χ1) is 7.13. The van der Waals surface area contributed by atoms with E-state index < -0.39 is 6.26 Å². The lowest BCUT2D eigenvalue weighted by Crippen LogP contribution is -2.13. The summed E-state index contributed by atoms with van der Waals surface area (Å²) < 4.78 is 6.87. The van der Waals surface area contributed by atoms with Gasteiger partial charge in [-0.05, 0) is 30.5 Å². The van der Waals surface area contributed by atoms with Crippen molar-refractivity contribution in [2.24, 2.45) is 0 Å². The summed E-state index contributed by atoms with van der Waals surface area (Å²) in [7, 11) is 0. The van der Waals surface area contributed by atoms with Crippen molar-refractivity contribution in [3.63, 3.8) is 0 Å². The van der Waals surface area contributed by atoms with Crippen molar-refractivity contribution in [2.45, 2.75) is 0 Å². The molecule has 3 nitrogen and oxygen atoms in total. The Labute approximate surface area is 88.3 Å². The summed E-state index contributed by atoms with van der Waals surface area (Å²) in [6, 6.07) is 6.26.